The van der Waals surface area contributed by atoms with Crippen molar-refractivity contribution in [2.75, 3.05) is 25.0 Å². The van der Waals surface area contributed by atoms with Gasteiger partial charge in [-0.2, -0.15) is 0 Å². The normalized spacial score (nSPS) is 16.2. The highest BCUT2D eigenvalue weighted by Gasteiger charge is 2.26. The van der Waals surface area contributed by atoms with Crippen molar-refractivity contribution in [3.63, 3.8) is 0 Å². The first-order valence-corrected chi connectivity index (χ1v) is 10.3. The van der Waals surface area contributed by atoms with Gasteiger partial charge in [0.25, 0.3) is 11.5 Å². The molecule has 1 saturated heterocycles. The van der Waals surface area contributed by atoms with Crippen LogP contribution in [0.15, 0.2) is 65.6 Å². The molecule has 0 unspecified atom stereocenters. The highest BCUT2D eigenvalue weighted by Crippen LogP contribution is 2.29. The average Bonchev–Trinajstić information content (AvgIpc) is 3.29. The summed E-state index contributed by atoms with van der Waals surface area (Å²) >= 11 is 0. The molecule has 5 rings (SSSR count). The number of carbonyl (C=O) groups excluding carboxylic acids is 1. The molecule has 1 fully saturated rings. The summed E-state index contributed by atoms with van der Waals surface area (Å²) < 4.78 is 0. The lowest BCUT2D eigenvalue weighted by atomic mass is 10.1. The van der Waals surface area contributed by atoms with Crippen molar-refractivity contribution in [1.82, 2.24) is 14.9 Å². The van der Waals surface area contributed by atoms with Crippen LogP contribution in [0.5, 0.6) is 0 Å². The fourth-order valence-electron chi connectivity index (χ4n) is 4.21. The van der Waals surface area contributed by atoms with E-state index in [1.807, 2.05) is 36.4 Å². The van der Waals surface area contributed by atoms with Crippen LogP contribution in [0.1, 0.15) is 16.8 Å². The molecule has 4 aromatic rings. The summed E-state index contributed by atoms with van der Waals surface area (Å²) in [6.07, 6.45) is 2.49. The lowest BCUT2D eigenvalue weighted by Gasteiger charge is -2.17. The Morgan fingerprint density at radius 1 is 1.13 bits per heavy atom. The van der Waals surface area contributed by atoms with Crippen LogP contribution in [0.3, 0.4) is 0 Å². The first-order valence-electron chi connectivity index (χ1n) is 10.3. The molecule has 0 radical (unpaired) electrons. The summed E-state index contributed by atoms with van der Waals surface area (Å²) in [4.78, 5) is 34.0. The Morgan fingerprint density at radius 2 is 1.90 bits per heavy atom. The quantitative estimate of drug-likeness (QED) is 0.445. The maximum absolute atomic E-state index is 12.7. The molecule has 0 bridgehead atoms. The van der Waals surface area contributed by atoms with Gasteiger partial charge in [0.1, 0.15) is 5.65 Å². The molecule has 3 heterocycles. The van der Waals surface area contributed by atoms with E-state index in [0.29, 0.717) is 29.7 Å². The molecule has 31 heavy (non-hydrogen) atoms. The number of amides is 1. The van der Waals surface area contributed by atoms with Gasteiger partial charge in [0.05, 0.1) is 5.69 Å². The van der Waals surface area contributed by atoms with Gasteiger partial charge < -0.3 is 20.3 Å². The summed E-state index contributed by atoms with van der Waals surface area (Å²) in [5.74, 6) is 0.159. The number of H-pyrrole nitrogens is 1. The minimum atomic E-state index is -0.166. The third-order valence-corrected chi connectivity index (χ3v) is 5.87. The Kier molecular flexibility index (Phi) is 4.88. The van der Waals surface area contributed by atoms with Crippen LogP contribution in [-0.4, -0.2) is 45.6 Å². The van der Waals surface area contributed by atoms with Gasteiger partial charge in [-0.15, -0.1) is 0 Å². The molecule has 1 aliphatic heterocycles. The monoisotopic (exact) mass is 414 g/mol. The zero-order valence-corrected chi connectivity index (χ0v) is 16.8. The second-order valence-electron chi connectivity index (χ2n) is 7.87. The molecular formula is C24H22N4O3. The predicted octanol–water partition coefficient (Wildman–Crippen LogP) is 3.27. The van der Waals surface area contributed by atoms with Crippen LogP contribution in [0.2, 0.25) is 0 Å². The number of likely N-dealkylation sites (tertiary alicyclic amines) is 1. The maximum atomic E-state index is 12.7. The van der Waals surface area contributed by atoms with Crippen molar-refractivity contribution < 1.29 is 9.90 Å². The van der Waals surface area contributed by atoms with Crippen molar-refractivity contribution in [3.05, 3.63) is 76.7 Å². The number of nitrogens with one attached hydrogen (secondary N) is 2. The lowest BCUT2D eigenvalue weighted by molar-refractivity contribution is 0.0782. The molecule has 1 amide bonds. The van der Waals surface area contributed by atoms with Gasteiger partial charge in [-0.3, -0.25) is 9.59 Å². The van der Waals surface area contributed by atoms with E-state index in [2.05, 4.69) is 15.3 Å². The molecule has 7 heteroatoms. The highest BCUT2D eigenvalue weighted by molar-refractivity contribution is 6.10. The minimum Gasteiger partial charge on any atom is -0.396 e. The van der Waals surface area contributed by atoms with Crippen molar-refractivity contribution in [1.29, 1.82) is 0 Å². The second kappa shape index (κ2) is 7.85. The Labute approximate surface area is 178 Å². The van der Waals surface area contributed by atoms with E-state index < -0.39 is 0 Å². The number of anilines is 2. The fourth-order valence-corrected chi connectivity index (χ4v) is 4.21. The zero-order valence-electron chi connectivity index (χ0n) is 16.8. The van der Waals surface area contributed by atoms with Crippen LogP contribution >= 0.6 is 0 Å². The Bertz CT molecular complexity index is 1330. The van der Waals surface area contributed by atoms with E-state index in [9.17, 15) is 14.7 Å². The van der Waals surface area contributed by atoms with Gasteiger partial charge in [0.15, 0.2) is 0 Å². The summed E-state index contributed by atoms with van der Waals surface area (Å²) in [7, 11) is 0. The number of aromatic amines is 1. The maximum Gasteiger partial charge on any atom is 0.257 e. The van der Waals surface area contributed by atoms with Crippen LogP contribution in [0.4, 0.5) is 11.4 Å². The summed E-state index contributed by atoms with van der Waals surface area (Å²) in [6, 6.07) is 16.7. The standard InChI is InChI=1S/C24H22N4O3/c29-14-15-10-12-28(13-15)24(31)16-5-7-17(8-6-16)26-20-9-11-25-22-21(20)18-3-1-2-4-19(18)23(30)27-22/h1-9,11,15,29H,10,12-14H2,(H2,25,26,27,30)/t15-/m0/s1. The Morgan fingerprint density at radius 3 is 2.65 bits per heavy atom. The van der Waals surface area contributed by atoms with Gasteiger partial charge in [0.2, 0.25) is 0 Å². The van der Waals surface area contributed by atoms with E-state index in [-0.39, 0.29) is 24.0 Å². The molecule has 0 saturated carbocycles. The van der Waals surface area contributed by atoms with Gasteiger partial charge in [-0.1, -0.05) is 18.2 Å². The number of pyridine rings is 2. The predicted molar refractivity (Wildman–Crippen MR) is 121 cm³/mol. The molecule has 2 aromatic carbocycles. The number of aliphatic hydroxyl groups is 1. The Balaban J connectivity index is 1.45. The highest BCUT2D eigenvalue weighted by atomic mass is 16.3. The van der Waals surface area contributed by atoms with E-state index in [0.717, 1.165) is 28.6 Å². The number of benzene rings is 2. The number of hydrogen-bond donors (Lipinski definition) is 3. The largest absolute Gasteiger partial charge is 0.396 e. The number of aliphatic hydroxyl groups excluding tert-OH is 1. The number of aromatic nitrogens is 2. The summed E-state index contributed by atoms with van der Waals surface area (Å²) in [5.41, 5.74) is 2.63. The first-order chi connectivity index (χ1) is 15.1. The number of hydrogen-bond acceptors (Lipinski definition) is 5. The topological polar surface area (TPSA) is 98.3 Å². The summed E-state index contributed by atoms with van der Waals surface area (Å²) in [6.45, 7) is 1.40. The van der Waals surface area contributed by atoms with Gasteiger partial charge in [-0.05, 0) is 42.8 Å². The fraction of sp³-hybridized carbons (Fsp3) is 0.208. The molecule has 3 N–H and O–H groups in total. The van der Waals surface area contributed by atoms with Gasteiger partial charge in [0, 0.05) is 59.2 Å². The number of fused-ring (bicyclic) bond motifs is 3. The number of nitrogens with zero attached hydrogens (tertiary/aromatic N) is 2. The minimum absolute atomic E-state index is 0.0135. The van der Waals surface area contributed by atoms with E-state index in [4.69, 9.17) is 0 Å². The summed E-state index contributed by atoms with van der Waals surface area (Å²) in [5, 5.41) is 15.0. The van der Waals surface area contributed by atoms with Crippen molar-refractivity contribution >= 4 is 39.1 Å². The number of carbonyl (C=O) groups is 1. The third kappa shape index (κ3) is 3.53. The average molecular weight is 414 g/mol. The van der Waals surface area contributed by atoms with Crippen LogP contribution in [0, 0.1) is 5.92 Å². The van der Waals surface area contributed by atoms with E-state index in [1.54, 1.807) is 29.3 Å². The van der Waals surface area contributed by atoms with Crippen LogP contribution < -0.4 is 10.9 Å². The van der Waals surface area contributed by atoms with Crippen molar-refractivity contribution in [2.24, 2.45) is 5.92 Å². The molecule has 7 nitrogen and oxygen atoms in total. The number of rotatable bonds is 4. The van der Waals surface area contributed by atoms with Gasteiger partial charge >= 0.3 is 0 Å². The Hall–Kier alpha value is -3.71. The zero-order chi connectivity index (χ0) is 21.4. The first kappa shape index (κ1) is 19.3. The van der Waals surface area contributed by atoms with Crippen molar-refractivity contribution in [3.8, 4) is 0 Å². The van der Waals surface area contributed by atoms with Crippen molar-refractivity contribution in [2.45, 2.75) is 6.42 Å². The van der Waals surface area contributed by atoms with E-state index >= 15 is 0 Å². The molecule has 1 aliphatic rings. The molecule has 0 aliphatic carbocycles. The second-order valence-corrected chi connectivity index (χ2v) is 7.87. The smallest absolute Gasteiger partial charge is 0.257 e. The molecular weight excluding hydrogens is 392 g/mol. The lowest BCUT2D eigenvalue weighted by Crippen LogP contribution is -2.29. The van der Waals surface area contributed by atoms with Gasteiger partial charge in [-0.25, -0.2) is 4.98 Å². The molecule has 0 spiro atoms. The van der Waals surface area contributed by atoms with E-state index in [1.165, 1.54) is 0 Å². The van der Waals surface area contributed by atoms with Crippen LogP contribution in [0.25, 0.3) is 21.8 Å². The third-order valence-electron chi connectivity index (χ3n) is 5.87. The molecule has 2 aromatic heterocycles. The SMILES string of the molecule is O=C(c1ccc(Nc2ccnc3[nH]c(=O)c4ccccc4c23)cc1)N1CC[C@H](CO)C1. The van der Waals surface area contributed by atoms with Crippen LogP contribution in [-0.2, 0) is 0 Å². The molecule has 156 valence electrons. The molecule has 1 atom stereocenters.